The molecule has 0 aliphatic heterocycles. The zero-order valence-electron chi connectivity index (χ0n) is 10.2. The molecular formula is C12H20O2Sn2. The van der Waals surface area contributed by atoms with E-state index in [0.29, 0.717) is 0 Å². The van der Waals surface area contributed by atoms with Crippen LogP contribution < -0.4 is 0 Å². The monoisotopic (exact) mass is 436 g/mol. The number of hydrogen-bond acceptors (Lipinski definition) is 2. The Labute approximate surface area is 113 Å². The van der Waals surface area contributed by atoms with Crippen LogP contribution in [0, 0.1) is 0 Å². The fourth-order valence-electron chi connectivity index (χ4n) is 0.770. The minimum atomic E-state index is -2.49. The van der Waals surface area contributed by atoms with Crippen molar-refractivity contribution < 1.29 is 6.15 Å². The molecule has 0 fully saturated rings. The van der Waals surface area contributed by atoms with Crippen LogP contribution in [0.1, 0.15) is 13.8 Å². The molecule has 0 rings (SSSR count). The van der Waals surface area contributed by atoms with E-state index in [2.05, 4.69) is 26.3 Å². The topological polar surface area (TPSA) is 34.1 Å². The normalized spacial score (nSPS) is 8.12. The molecule has 0 spiro atoms. The predicted octanol–water partition coefficient (Wildman–Crippen LogP) is 3.42. The minimum absolute atomic E-state index is 0.744. The van der Waals surface area contributed by atoms with Crippen LogP contribution in [-0.4, -0.2) is 39.5 Å². The summed E-state index contributed by atoms with van der Waals surface area (Å²) in [6, 6.07) is 0. The molecule has 0 aromatic carbocycles. The summed E-state index contributed by atoms with van der Waals surface area (Å²) < 4.78 is 24.9. The van der Waals surface area contributed by atoms with Crippen LogP contribution >= 0.6 is 0 Å². The molecule has 0 bridgehead atoms. The van der Waals surface area contributed by atoms with Gasteiger partial charge in [0.15, 0.2) is 0 Å². The van der Waals surface area contributed by atoms with Gasteiger partial charge < -0.3 is 0 Å². The third-order valence-corrected chi connectivity index (χ3v) is 10.2. The first-order valence-electron chi connectivity index (χ1n) is 4.96. The molecule has 16 heavy (non-hydrogen) atoms. The van der Waals surface area contributed by atoms with Crippen molar-refractivity contribution in [3.05, 3.63) is 45.6 Å². The molecule has 0 heterocycles. The molecule has 0 atom stereocenters. The molecule has 0 N–H and O–H groups in total. The first-order chi connectivity index (χ1) is 7.36. The van der Waals surface area contributed by atoms with Crippen LogP contribution in [0.4, 0.5) is 0 Å². The van der Waals surface area contributed by atoms with Crippen molar-refractivity contribution >= 4 is 39.5 Å². The Morgan fingerprint density at radius 3 is 1.44 bits per heavy atom. The van der Waals surface area contributed by atoms with E-state index >= 15 is 0 Å². The third kappa shape index (κ3) is 12.2. The molecule has 0 saturated heterocycles. The summed E-state index contributed by atoms with van der Waals surface area (Å²) in [7, 11) is 0. The van der Waals surface area contributed by atoms with Crippen molar-refractivity contribution in [3.8, 4) is 0 Å². The maximum atomic E-state index is 10.9. The second kappa shape index (κ2) is 11.6. The molecule has 0 unspecified atom stereocenters. The summed E-state index contributed by atoms with van der Waals surface area (Å²) >= 11 is -4.67. The summed E-state index contributed by atoms with van der Waals surface area (Å²) in [6.45, 7) is 17.8. The zero-order valence-corrected chi connectivity index (χ0v) is 15.9. The van der Waals surface area contributed by atoms with E-state index in [1.807, 2.05) is 0 Å². The standard InChI is InChI=1S/4C3H5.2O.2Sn/c4*1-3-2;;;;/h2*1H2,2H3;2*3H,1-2H2;;;;. The summed E-state index contributed by atoms with van der Waals surface area (Å²) in [5.74, 6) is 0. The van der Waals surface area contributed by atoms with Gasteiger partial charge in [0.05, 0.1) is 0 Å². The SMILES string of the molecule is C=C[CH2][Sn](=[O])[CH2]C=C.C=[C](C)[Sn](=[O])[C](=C)C. The summed E-state index contributed by atoms with van der Waals surface area (Å²) in [5, 5.41) is 0. The Balaban J connectivity index is 0. The number of hydrogen-bond donors (Lipinski definition) is 0. The van der Waals surface area contributed by atoms with Gasteiger partial charge >= 0.3 is 114 Å². The fourth-order valence-corrected chi connectivity index (χ4v) is 5.16. The van der Waals surface area contributed by atoms with Gasteiger partial charge in [0.1, 0.15) is 0 Å². The van der Waals surface area contributed by atoms with E-state index in [4.69, 9.17) is 0 Å². The Kier molecular flexibility index (Phi) is 13.5. The van der Waals surface area contributed by atoms with E-state index in [1.165, 1.54) is 0 Å². The molecule has 0 aliphatic rings. The Hall–Kier alpha value is 0.157. The molecule has 2 nitrogen and oxygen atoms in total. The van der Waals surface area contributed by atoms with Crippen molar-refractivity contribution in [1.82, 2.24) is 0 Å². The van der Waals surface area contributed by atoms with Crippen molar-refractivity contribution in [3.63, 3.8) is 0 Å². The van der Waals surface area contributed by atoms with Gasteiger partial charge in [-0.15, -0.1) is 0 Å². The van der Waals surface area contributed by atoms with Crippen LogP contribution in [0.15, 0.2) is 45.6 Å². The molecule has 0 aliphatic carbocycles. The molecule has 0 radical (unpaired) electrons. The van der Waals surface area contributed by atoms with E-state index in [0.717, 1.165) is 16.1 Å². The third-order valence-electron chi connectivity index (χ3n) is 1.52. The van der Waals surface area contributed by atoms with Gasteiger partial charge in [-0.1, -0.05) is 0 Å². The van der Waals surface area contributed by atoms with Crippen molar-refractivity contribution in [2.75, 3.05) is 0 Å². The van der Waals surface area contributed by atoms with Gasteiger partial charge in [-0.3, -0.25) is 0 Å². The Bertz CT molecular complexity index is 289. The fraction of sp³-hybridized carbons (Fsp3) is 0.333. The Morgan fingerprint density at radius 2 is 1.31 bits per heavy atom. The van der Waals surface area contributed by atoms with E-state index < -0.39 is 39.5 Å². The molecule has 0 aromatic rings. The van der Waals surface area contributed by atoms with Crippen LogP contribution in [0.25, 0.3) is 0 Å². The first-order valence-corrected chi connectivity index (χ1v) is 14.2. The second-order valence-electron chi connectivity index (χ2n) is 3.41. The number of rotatable bonds is 6. The van der Waals surface area contributed by atoms with Crippen LogP contribution in [0.2, 0.25) is 8.87 Å². The average molecular weight is 434 g/mol. The van der Waals surface area contributed by atoms with Crippen molar-refractivity contribution in [2.45, 2.75) is 22.7 Å². The van der Waals surface area contributed by atoms with E-state index in [9.17, 15) is 6.15 Å². The number of allylic oxidation sites excluding steroid dienone is 4. The molecule has 4 heteroatoms. The Morgan fingerprint density at radius 1 is 1.00 bits per heavy atom. The van der Waals surface area contributed by atoms with Crippen molar-refractivity contribution in [2.24, 2.45) is 0 Å². The molecular weight excluding hydrogens is 414 g/mol. The van der Waals surface area contributed by atoms with Gasteiger partial charge in [-0.05, 0) is 0 Å². The molecule has 0 aromatic heterocycles. The van der Waals surface area contributed by atoms with Gasteiger partial charge in [0, 0.05) is 0 Å². The van der Waals surface area contributed by atoms with Gasteiger partial charge in [-0.25, -0.2) is 0 Å². The van der Waals surface area contributed by atoms with Crippen LogP contribution in [0.3, 0.4) is 0 Å². The molecule has 0 saturated carbocycles. The average Bonchev–Trinajstić information content (AvgIpc) is 2.18. The maximum absolute atomic E-state index is 10.9. The summed E-state index contributed by atoms with van der Waals surface area (Å²) in [4.78, 5) is 0. The quantitative estimate of drug-likeness (QED) is 0.475. The second-order valence-corrected chi connectivity index (χ2v) is 15.6. The van der Waals surface area contributed by atoms with Crippen LogP contribution in [0.5, 0.6) is 0 Å². The summed E-state index contributed by atoms with van der Waals surface area (Å²) in [5.41, 5.74) is 0. The first kappa shape index (κ1) is 18.5. The zero-order chi connectivity index (χ0) is 13.1. The van der Waals surface area contributed by atoms with Crippen LogP contribution in [-0.2, 0) is 6.15 Å². The van der Waals surface area contributed by atoms with E-state index in [1.54, 1.807) is 26.0 Å². The van der Waals surface area contributed by atoms with Gasteiger partial charge in [0.2, 0.25) is 0 Å². The van der Waals surface area contributed by atoms with Gasteiger partial charge in [-0.2, -0.15) is 0 Å². The summed E-state index contributed by atoms with van der Waals surface area (Å²) in [6.07, 6.45) is 3.45. The van der Waals surface area contributed by atoms with E-state index in [-0.39, 0.29) is 0 Å². The molecule has 0 amide bonds. The van der Waals surface area contributed by atoms with Gasteiger partial charge in [0.25, 0.3) is 0 Å². The molecule has 88 valence electrons. The predicted molar refractivity (Wildman–Crippen MR) is 72.5 cm³/mol. The van der Waals surface area contributed by atoms with Crippen molar-refractivity contribution in [1.29, 1.82) is 0 Å².